The summed E-state index contributed by atoms with van der Waals surface area (Å²) in [6.07, 6.45) is 1.03. The first kappa shape index (κ1) is 17.3. The van der Waals surface area contributed by atoms with Crippen molar-refractivity contribution in [3.63, 3.8) is 0 Å². The molecule has 1 aromatic heterocycles. The summed E-state index contributed by atoms with van der Waals surface area (Å²) in [5, 5.41) is 10.5. The lowest BCUT2D eigenvalue weighted by Gasteiger charge is -2.15. The van der Waals surface area contributed by atoms with Crippen LogP contribution >= 0.6 is 0 Å². The Morgan fingerprint density at radius 2 is 1.80 bits per heavy atom. The maximum Gasteiger partial charge on any atom is 0.161 e. The second kappa shape index (κ2) is 8.03. The number of nitrogens with zero attached hydrogens (tertiary/aromatic N) is 2. The number of para-hydroxylation sites is 4. The van der Waals surface area contributed by atoms with E-state index in [1.807, 2.05) is 53.1 Å². The predicted octanol–water partition coefficient (Wildman–Crippen LogP) is 3.96. The van der Waals surface area contributed by atoms with Crippen LogP contribution in [0.1, 0.15) is 31.7 Å². The molecule has 3 aromatic rings. The molecule has 5 heteroatoms. The van der Waals surface area contributed by atoms with Crippen LogP contribution < -0.4 is 9.47 Å². The van der Waals surface area contributed by atoms with Crippen LogP contribution in [0.25, 0.3) is 11.0 Å². The van der Waals surface area contributed by atoms with E-state index in [0.717, 1.165) is 17.5 Å². The normalized spacial score (nSPS) is 12.3. The molecule has 3 rings (SSSR count). The molecule has 0 radical (unpaired) electrons. The minimum atomic E-state index is -0.566. The average molecular weight is 340 g/mol. The summed E-state index contributed by atoms with van der Waals surface area (Å²) >= 11 is 0. The number of ether oxygens (including phenoxy) is 2. The van der Waals surface area contributed by atoms with Gasteiger partial charge in [-0.2, -0.15) is 0 Å². The largest absolute Gasteiger partial charge is 0.493 e. The molecule has 25 heavy (non-hydrogen) atoms. The van der Waals surface area contributed by atoms with Gasteiger partial charge in [-0.1, -0.05) is 37.6 Å². The van der Waals surface area contributed by atoms with Crippen LogP contribution in [0.15, 0.2) is 48.5 Å². The quantitative estimate of drug-likeness (QED) is 0.674. The topological polar surface area (TPSA) is 56.5 Å². The number of rotatable bonds is 8. The predicted molar refractivity (Wildman–Crippen MR) is 98.1 cm³/mol. The molecule has 0 aliphatic heterocycles. The van der Waals surface area contributed by atoms with Crippen molar-refractivity contribution >= 4 is 11.0 Å². The summed E-state index contributed by atoms with van der Waals surface area (Å²) in [7, 11) is 1.63. The van der Waals surface area contributed by atoms with Gasteiger partial charge in [0, 0.05) is 0 Å². The van der Waals surface area contributed by atoms with Crippen LogP contribution in [0.5, 0.6) is 11.5 Å². The van der Waals surface area contributed by atoms with Gasteiger partial charge >= 0.3 is 0 Å². The van der Waals surface area contributed by atoms with Crippen molar-refractivity contribution in [2.24, 2.45) is 0 Å². The Morgan fingerprint density at radius 3 is 2.56 bits per heavy atom. The molecule has 1 N–H and O–H groups in total. The summed E-state index contributed by atoms with van der Waals surface area (Å²) < 4.78 is 13.2. The van der Waals surface area contributed by atoms with Gasteiger partial charge in [-0.25, -0.2) is 4.98 Å². The lowest BCUT2D eigenvalue weighted by Crippen LogP contribution is -2.14. The molecule has 0 saturated heterocycles. The maximum absolute atomic E-state index is 10.5. The molecule has 0 spiro atoms. The number of hydrogen-bond donors (Lipinski definition) is 1. The van der Waals surface area contributed by atoms with Gasteiger partial charge in [-0.3, -0.25) is 0 Å². The van der Waals surface area contributed by atoms with Crippen LogP contribution in [0.3, 0.4) is 0 Å². The van der Waals surface area contributed by atoms with Crippen molar-refractivity contribution in [3.05, 3.63) is 54.4 Å². The Bertz CT molecular complexity index is 829. The highest BCUT2D eigenvalue weighted by atomic mass is 16.5. The van der Waals surface area contributed by atoms with E-state index in [4.69, 9.17) is 9.47 Å². The zero-order valence-electron chi connectivity index (χ0n) is 14.7. The summed E-state index contributed by atoms with van der Waals surface area (Å²) in [5.74, 6) is 2.13. The Balaban J connectivity index is 1.81. The summed E-state index contributed by atoms with van der Waals surface area (Å²) in [5.41, 5.74) is 1.90. The van der Waals surface area contributed by atoms with E-state index in [1.54, 1.807) is 7.11 Å². The number of imidazole rings is 1. The molecule has 1 atom stereocenters. The second-order valence-electron chi connectivity index (χ2n) is 5.91. The van der Waals surface area contributed by atoms with Crippen LogP contribution in [0, 0.1) is 0 Å². The lowest BCUT2D eigenvalue weighted by molar-refractivity contribution is 0.150. The van der Waals surface area contributed by atoms with E-state index in [2.05, 4.69) is 11.9 Å². The van der Waals surface area contributed by atoms with Crippen LogP contribution in [0.4, 0.5) is 0 Å². The standard InChI is InChI=1S/C20H24N2O3/c1-3-8-17(23)20-21-15-9-4-5-10-16(15)22(20)13-14-25-19-12-7-6-11-18(19)24-2/h4-7,9-12,17,23H,3,8,13-14H2,1-2H3. The fourth-order valence-corrected chi connectivity index (χ4v) is 2.97. The molecule has 0 saturated carbocycles. The fraction of sp³-hybridized carbons (Fsp3) is 0.350. The van der Waals surface area contributed by atoms with E-state index in [9.17, 15) is 5.11 Å². The van der Waals surface area contributed by atoms with E-state index in [1.165, 1.54) is 0 Å². The first-order valence-corrected chi connectivity index (χ1v) is 8.63. The number of fused-ring (bicyclic) bond motifs is 1. The molecule has 0 aliphatic rings. The third-order valence-electron chi connectivity index (χ3n) is 4.19. The van der Waals surface area contributed by atoms with Crippen molar-refractivity contribution in [1.82, 2.24) is 9.55 Å². The number of hydrogen-bond acceptors (Lipinski definition) is 4. The summed E-state index contributed by atoms with van der Waals surface area (Å²) in [6, 6.07) is 15.5. The van der Waals surface area contributed by atoms with Gasteiger partial charge in [0.1, 0.15) is 18.5 Å². The summed E-state index contributed by atoms with van der Waals surface area (Å²) in [6.45, 7) is 3.13. The van der Waals surface area contributed by atoms with Crippen molar-refractivity contribution in [1.29, 1.82) is 0 Å². The third kappa shape index (κ3) is 3.77. The molecule has 132 valence electrons. The molecular weight excluding hydrogens is 316 g/mol. The average Bonchev–Trinajstić information content (AvgIpc) is 3.01. The second-order valence-corrected chi connectivity index (χ2v) is 5.91. The fourth-order valence-electron chi connectivity index (χ4n) is 2.97. The highest BCUT2D eigenvalue weighted by Crippen LogP contribution is 2.27. The number of aromatic nitrogens is 2. The van der Waals surface area contributed by atoms with E-state index >= 15 is 0 Å². The SMILES string of the molecule is CCCC(O)c1nc2ccccc2n1CCOc1ccccc1OC. The van der Waals surface area contributed by atoms with Crippen LogP contribution in [-0.4, -0.2) is 28.4 Å². The van der Waals surface area contributed by atoms with E-state index in [0.29, 0.717) is 36.9 Å². The van der Waals surface area contributed by atoms with Crippen molar-refractivity contribution < 1.29 is 14.6 Å². The maximum atomic E-state index is 10.5. The van der Waals surface area contributed by atoms with Crippen molar-refractivity contribution in [2.75, 3.05) is 13.7 Å². The van der Waals surface area contributed by atoms with Crippen molar-refractivity contribution in [2.45, 2.75) is 32.4 Å². The Morgan fingerprint density at radius 1 is 1.08 bits per heavy atom. The van der Waals surface area contributed by atoms with Gasteiger partial charge in [0.05, 0.1) is 24.7 Å². The zero-order chi connectivity index (χ0) is 17.6. The van der Waals surface area contributed by atoms with Crippen molar-refractivity contribution in [3.8, 4) is 11.5 Å². The molecule has 0 bridgehead atoms. The molecule has 0 amide bonds. The summed E-state index contributed by atoms with van der Waals surface area (Å²) in [4.78, 5) is 4.62. The van der Waals surface area contributed by atoms with Crippen LogP contribution in [-0.2, 0) is 6.54 Å². The minimum absolute atomic E-state index is 0.465. The highest BCUT2D eigenvalue weighted by molar-refractivity contribution is 5.76. The lowest BCUT2D eigenvalue weighted by atomic mass is 10.2. The van der Waals surface area contributed by atoms with Gasteiger partial charge in [0.2, 0.25) is 0 Å². The van der Waals surface area contributed by atoms with Gasteiger partial charge in [0.15, 0.2) is 11.5 Å². The highest BCUT2D eigenvalue weighted by Gasteiger charge is 2.17. The third-order valence-corrected chi connectivity index (χ3v) is 4.19. The number of aliphatic hydroxyl groups excluding tert-OH is 1. The van der Waals surface area contributed by atoms with E-state index in [-0.39, 0.29) is 0 Å². The Hall–Kier alpha value is -2.53. The molecule has 5 nitrogen and oxygen atoms in total. The molecule has 0 fully saturated rings. The van der Waals surface area contributed by atoms with Crippen LogP contribution in [0.2, 0.25) is 0 Å². The Labute approximate surface area is 147 Å². The van der Waals surface area contributed by atoms with Gasteiger partial charge < -0.3 is 19.1 Å². The molecular formula is C20H24N2O3. The number of benzene rings is 2. The van der Waals surface area contributed by atoms with E-state index < -0.39 is 6.10 Å². The molecule has 0 aliphatic carbocycles. The van der Waals surface area contributed by atoms with Gasteiger partial charge in [-0.05, 0) is 30.7 Å². The van der Waals surface area contributed by atoms with Gasteiger partial charge in [-0.15, -0.1) is 0 Å². The van der Waals surface area contributed by atoms with Gasteiger partial charge in [0.25, 0.3) is 0 Å². The monoisotopic (exact) mass is 340 g/mol. The first-order valence-electron chi connectivity index (χ1n) is 8.63. The Kier molecular flexibility index (Phi) is 5.56. The molecule has 2 aromatic carbocycles. The number of methoxy groups -OCH3 is 1. The first-order chi connectivity index (χ1) is 12.2. The smallest absolute Gasteiger partial charge is 0.161 e. The molecule has 1 heterocycles. The number of aliphatic hydroxyl groups is 1. The minimum Gasteiger partial charge on any atom is -0.493 e. The zero-order valence-corrected chi connectivity index (χ0v) is 14.7. The molecule has 1 unspecified atom stereocenters.